The van der Waals surface area contributed by atoms with Crippen LogP contribution in [0.25, 0.3) is 0 Å². The number of rotatable bonds is 5. The molecule has 0 bridgehead atoms. The molecule has 1 aliphatic heterocycles. The van der Waals surface area contributed by atoms with Crippen LogP contribution in [0.4, 0.5) is 5.69 Å². The predicted octanol–water partition coefficient (Wildman–Crippen LogP) is 1.83. The number of piperidine rings is 1. The molecule has 0 aliphatic carbocycles. The molecular weight excluding hydrogens is 318 g/mol. The third kappa shape index (κ3) is 3.54. The molecule has 1 fully saturated rings. The summed E-state index contributed by atoms with van der Waals surface area (Å²) in [7, 11) is -1.98. The van der Waals surface area contributed by atoms with E-state index in [1.807, 2.05) is 7.05 Å². The number of hydrogen-bond acceptors (Lipinski definition) is 5. The van der Waals surface area contributed by atoms with Gasteiger partial charge < -0.3 is 5.32 Å². The van der Waals surface area contributed by atoms with Gasteiger partial charge in [-0.25, -0.2) is 8.42 Å². The normalized spacial score (nSPS) is 17.3. The van der Waals surface area contributed by atoms with Crippen LogP contribution in [0.3, 0.4) is 0 Å². The van der Waals surface area contributed by atoms with E-state index in [9.17, 15) is 18.5 Å². The zero-order valence-electron chi connectivity index (χ0n) is 13.7. The number of nitro groups is 1. The van der Waals surface area contributed by atoms with Crippen molar-refractivity contribution in [1.29, 1.82) is 0 Å². The van der Waals surface area contributed by atoms with Crippen molar-refractivity contribution in [1.82, 2.24) is 9.62 Å². The maximum Gasteiger partial charge on any atom is 0.289 e. The van der Waals surface area contributed by atoms with Crippen molar-refractivity contribution >= 4 is 15.7 Å². The Morgan fingerprint density at radius 2 is 1.91 bits per heavy atom. The van der Waals surface area contributed by atoms with Crippen molar-refractivity contribution in [3.63, 3.8) is 0 Å². The summed E-state index contributed by atoms with van der Waals surface area (Å²) in [5, 5.41) is 14.4. The number of nitro benzene ring substituents is 1. The lowest BCUT2D eigenvalue weighted by molar-refractivity contribution is -0.388. The summed E-state index contributed by atoms with van der Waals surface area (Å²) in [5.41, 5.74) is 0.848. The molecule has 128 valence electrons. The molecule has 0 aromatic heterocycles. The van der Waals surface area contributed by atoms with Gasteiger partial charge in [-0.1, -0.05) is 6.07 Å². The molecule has 0 atom stereocenters. The number of nitrogens with zero attached hydrogens (tertiary/aromatic N) is 2. The smallest absolute Gasteiger partial charge is 0.289 e. The average Bonchev–Trinajstić information content (AvgIpc) is 2.50. The summed E-state index contributed by atoms with van der Waals surface area (Å²) in [6.07, 6.45) is 1.53. The molecule has 0 unspecified atom stereocenters. The molecule has 0 saturated carbocycles. The first-order valence-electron chi connectivity index (χ1n) is 7.68. The molecular formula is C15H23N3O4S. The van der Waals surface area contributed by atoms with E-state index in [0.717, 1.165) is 24.9 Å². The monoisotopic (exact) mass is 341 g/mol. The van der Waals surface area contributed by atoms with Gasteiger partial charge in [-0.05, 0) is 57.3 Å². The zero-order valence-corrected chi connectivity index (χ0v) is 14.5. The lowest BCUT2D eigenvalue weighted by Crippen LogP contribution is -2.40. The van der Waals surface area contributed by atoms with Gasteiger partial charge in [0.25, 0.3) is 5.69 Å². The van der Waals surface area contributed by atoms with E-state index in [-0.39, 0.29) is 10.6 Å². The lowest BCUT2D eigenvalue weighted by Gasteiger charge is -2.31. The van der Waals surface area contributed by atoms with Crippen LogP contribution in [0.15, 0.2) is 17.0 Å². The Balaban J connectivity index is 2.38. The molecule has 1 N–H and O–H groups in total. The maximum atomic E-state index is 13.0. The number of benzene rings is 1. The summed E-state index contributed by atoms with van der Waals surface area (Å²) < 4.78 is 27.3. The molecule has 0 spiro atoms. The predicted molar refractivity (Wildman–Crippen MR) is 88.0 cm³/mol. The van der Waals surface area contributed by atoms with Crippen molar-refractivity contribution in [2.75, 3.05) is 26.7 Å². The second-order valence-corrected chi connectivity index (χ2v) is 7.89. The summed E-state index contributed by atoms with van der Waals surface area (Å²) in [4.78, 5) is 10.5. The first kappa shape index (κ1) is 17.8. The molecule has 23 heavy (non-hydrogen) atoms. The van der Waals surface area contributed by atoms with Crippen molar-refractivity contribution in [2.24, 2.45) is 5.92 Å². The molecule has 2 rings (SSSR count). The summed E-state index contributed by atoms with van der Waals surface area (Å²) >= 11 is 0. The number of sulfonamides is 1. The standard InChI is InChI=1S/C15H23N3O4S/c1-11-4-5-14(18(19)20)15(12(11)2)23(21,22)17-8-6-13(7-9-17)10-16-3/h4-5,13,16H,6-10H2,1-3H3. The molecule has 1 heterocycles. The van der Waals surface area contributed by atoms with Crippen LogP contribution in [-0.2, 0) is 10.0 Å². The SMILES string of the molecule is CNCC1CCN(S(=O)(=O)c2c([N+](=O)[O-])ccc(C)c2C)CC1. The van der Waals surface area contributed by atoms with Gasteiger partial charge in [-0.3, -0.25) is 10.1 Å². The number of aryl methyl sites for hydroxylation is 1. The highest BCUT2D eigenvalue weighted by atomic mass is 32.2. The highest BCUT2D eigenvalue weighted by Crippen LogP contribution is 2.33. The van der Waals surface area contributed by atoms with Gasteiger partial charge in [-0.2, -0.15) is 4.31 Å². The van der Waals surface area contributed by atoms with Crippen LogP contribution in [0.5, 0.6) is 0 Å². The van der Waals surface area contributed by atoms with Crippen LogP contribution in [0, 0.1) is 29.9 Å². The van der Waals surface area contributed by atoms with Gasteiger partial charge in [0.15, 0.2) is 4.90 Å². The Morgan fingerprint density at radius 3 is 2.43 bits per heavy atom. The minimum atomic E-state index is -3.86. The minimum absolute atomic E-state index is 0.158. The number of hydrogen-bond donors (Lipinski definition) is 1. The van der Waals surface area contributed by atoms with Gasteiger partial charge in [-0.15, -0.1) is 0 Å². The molecule has 7 nitrogen and oxygen atoms in total. The average molecular weight is 341 g/mol. The molecule has 8 heteroatoms. The molecule has 0 amide bonds. The first-order valence-corrected chi connectivity index (χ1v) is 9.12. The van der Waals surface area contributed by atoms with E-state index < -0.39 is 14.9 Å². The summed E-state index contributed by atoms with van der Waals surface area (Å²) in [6.45, 7) is 5.05. The Hall–Kier alpha value is -1.51. The van der Waals surface area contributed by atoms with Crippen LogP contribution < -0.4 is 5.32 Å². The van der Waals surface area contributed by atoms with Gasteiger partial charge in [0.1, 0.15) is 0 Å². The van der Waals surface area contributed by atoms with Crippen LogP contribution in [-0.4, -0.2) is 44.3 Å². The van der Waals surface area contributed by atoms with Crippen LogP contribution in [0.1, 0.15) is 24.0 Å². The maximum absolute atomic E-state index is 13.0. The molecule has 1 aromatic rings. The Kier molecular flexibility index (Phi) is 5.38. The zero-order chi connectivity index (χ0) is 17.2. The van der Waals surface area contributed by atoms with Crippen molar-refractivity contribution in [3.05, 3.63) is 33.4 Å². The van der Waals surface area contributed by atoms with Crippen LogP contribution in [0.2, 0.25) is 0 Å². The van der Waals surface area contributed by atoms with Crippen molar-refractivity contribution < 1.29 is 13.3 Å². The van der Waals surface area contributed by atoms with E-state index in [1.165, 1.54) is 10.4 Å². The fourth-order valence-electron chi connectivity index (χ4n) is 3.02. The number of nitrogens with one attached hydrogen (secondary N) is 1. The molecule has 1 aliphatic rings. The minimum Gasteiger partial charge on any atom is -0.319 e. The summed E-state index contributed by atoms with van der Waals surface area (Å²) in [6, 6.07) is 2.87. The highest BCUT2D eigenvalue weighted by Gasteiger charge is 2.35. The lowest BCUT2D eigenvalue weighted by atomic mass is 9.98. The van der Waals surface area contributed by atoms with E-state index in [4.69, 9.17) is 0 Å². The third-order valence-corrected chi connectivity index (χ3v) is 6.59. The second kappa shape index (κ2) is 6.94. The van der Waals surface area contributed by atoms with Gasteiger partial charge in [0, 0.05) is 19.2 Å². The van der Waals surface area contributed by atoms with Gasteiger partial charge in [0.05, 0.1) is 4.92 Å². The van der Waals surface area contributed by atoms with E-state index in [0.29, 0.717) is 24.6 Å². The Morgan fingerprint density at radius 1 is 1.30 bits per heavy atom. The summed E-state index contributed by atoms with van der Waals surface area (Å²) in [5.74, 6) is 0.444. The quantitative estimate of drug-likeness (QED) is 0.651. The van der Waals surface area contributed by atoms with E-state index in [1.54, 1.807) is 19.9 Å². The molecule has 1 aromatic carbocycles. The topological polar surface area (TPSA) is 92.6 Å². The fraction of sp³-hybridized carbons (Fsp3) is 0.600. The van der Waals surface area contributed by atoms with E-state index in [2.05, 4.69) is 5.32 Å². The largest absolute Gasteiger partial charge is 0.319 e. The molecule has 0 radical (unpaired) electrons. The third-order valence-electron chi connectivity index (χ3n) is 4.52. The van der Waals surface area contributed by atoms with Gasteiger partial charge >= 0.3 is 0 Å². The second-order valence-electron chi connectivity index (χ2n) is 6.02. The fourth-order valence-corrected chi connectivity index (χ4v) is 4.92. The first-order chi connectivity index (χ1) is 10.8. The van der Waals surface area contributed by atoms with Gasteiger partial charge in [0.2, 0.25) is 10.0 Å². The van der Waals surface area contributed by atoms with Crippen molar-refractivity contribution in [2.45, 2.75) is 31.6 Å². The Bertz CT molecular complexity index is 695. The Labute approximate surface area is 136 Å². The van der Waals surface area contributed by atoms with E-state index >= 15 is 0 Å². The van der Waals surface area contributed by atoms with Crippen molar-refractivity contribution in [3.8, 4) is 0 Å². The molecule has 1 saturated heterocycles. The highest BCUT2D eigenvalue weighted by molar-refractivity contribution is 7.89. The van der Waals surface area contributed by atoms with Crippen LogP contribution >= 0.6 is 0 Å².